The van der Waals surface area contributed by atoms with Crippen LogP contribution in [0.5, 0.6) is 5.75 Å². The molecule has 1 heterocycles. The quantitative estimate of drug-likeness (QED) is 0.785. The zero-order chi connectivity index (χ0) is 18.7. The lowest BCUT2D eigenvalue weighted by Gasteiger charge is -2.19. The topological polar surface area (TPSA) is 70.7 Å². The number of nitrogens with zero attached hydrogens (tertiary/aromatic N) is 1. The normalized spacial score (nSPS) is 13.7. The summed E-state index contributed by atoms with van der Waals surface area (Å²) in [4.78, 5) is 25.8. The van der Waals surface area contributed by atoms with Gasteiger partial charge in [-0.25, -0.2) is 4.79 Å². The van der Waals surface area contributed by atoms with Gasteiger partial charge in [0.05, 0.1) is 22.8 Å². The fraction of sp³-hybridized carbons (Fsp3) is 0.222. The van der Waals surface area contributed by atoms with Crippen LogP contribution < -0.4 is 20.3 Å². The number of amides is 3. The molecule has 1 aliphatic rings. The van der Waals surface area contributed by atoms with E-state index in [-0.39, 0.29) is 5.91 Å². The molecule has 0 radical (unpaired) electrons. The van der Waals surface area contributed by atoms with Crippen molar-refractivity contribution in [2.45, 2.75) is 12.8 Å². The number of ether oxygens (including phenoxy) is 1. The van der Waals surface area contributed by atoms with Crippen molar-refractivity contribution in [3.8, 4) is 5.75 Å². The summed E-state index contributed by atoms with van der Waals surface area (Å²) in [5, 5.41) is 6.16. The first-order chi connectivity index (χ1) is 12.5. The van der Waals surface area contributed by atoms with Crippen molar-refractivity contribution in [1.29, 1.82) is 0 Å². The molecular formula is C18H17Cl2N3O3. The van der Waals surface area contributed by atoms with E-state index < -0.39 is 6.03 Å². The minimum atomic E-state index is -0.435. The number of anilines is 3. The monoisotopic (exact) mass is 393 g/mol. The first-order valence-corrected chi connectivity index (χ1v) is 8.75. The molecule has 0 bridgehead atoms. The van der Waals surface area contributed by atoms with Crippen molar-refractivity contribution in [1.82, 2.24) is 0 Å². The van der Waals surface area contributed by atoms with Crippen molar-refractivity contribution < 1.29 is 14.3 Å². The molecule has 136 valence electrons. The van der Waals surface area contributed by atoms with Crippen LogP contribution in [0.1, 0.15) is 12.8 Å². The van der Waals surface area contributed by atoms with Crippen LogP contribution in [0.4, 0.5) is 21.9 Å². The number of urea groups is 1. The molecule has 1 aliphatic heterocycles. The smallest absolute Gasteiger partial charge is 0.323 e. The van der Waals surface area contributed by atoms with Crippen molar-refractivity contribution in [3.63, 3.8) is 0 Å². The van der Waals surface area contributed by atoms with Crippen LogP contribution in [0.2, 0.25) is 10.0 Å². The average Bonchev–Trinajstić information content (AvgIpc) is 3.04. The van der Waals surface area contributed by atoms with Gasteiger partial charge in [0.1, 0.15) is 5.75 Å². The zero-order valence-electron chi connectivity index (χ0n) is 14.0. The summed E-state index contributed by atoms with van der Waals surface area (Å²) in [5.74, 6) is 0.592. The number of carbonyl (C=O) groups is 2. The van der Waals surface area contributed by atoms with E-state index in [1.54, 1.807) is 41.3 Å². The van der Waals surface area contributed by atoms with Gasteiger partial charge in [0, 0.05) is 30.4 Å². The minimum Gasteiger partial charge on any atom is -0.494 e. The Kier molecular flexibility index (Phi) is 5.54. The summed E-state index contributed by atoms with van der Waals surface area (Å²) in [6.07, 6.45) is 1.36. The fourth-order valence-corrected chi connectivity index (χ4v) is 3.05. The molecular weight excluding hydrogens is 377 g/mol. The Morgan fingerprint density at radius 3 is 2.38 bits per heavy atom. The Labute approximate surface area is 161 Å². The Morgan fingerprint density at radius 2 is 1.77 bits per heavy atom. The van der Waals surface area contributed by atoms with Crippen molar-refractivity contribution >= 4 is 52.2 Å². The average molecular weight is 394 g/mol. The predicted octanol–water partition coefficient (Wildman–Crippen LogP) is 4.77. The molecule has 6 nitrogen and oxygen atoms in total. The predicted molar refractivity (Wildman–Crippen MR) is 104 cm³/mol. The molecule has 0 saturated carbocycles. The highest BCUT2D eigenvalue weighted by molar-refractivity contribution is 6.42. The number of nitrogens with one attached hydrogen (secondary N) is 2. The zero-order valence-corrected chi connectivity index (χ0v) is 15.5. The lowest BCUT2D eigenvalue weighted by atomic mass is 10.2. The van der Waals surface area contributed by atoms with Crippen LogP contribution in [0.15, 0.2) is 36.4 Å². The maximum Gasteiger partial charge on any atom is 0.323 e. The summed E-state index contributed by atoms with van der Waals surface area (Å²) in [6.45, 7) is 0.666. The number of benzene rings is 2. The van der Waals surface area contributed by atoms with E-state index in [0.717, 1.165) is 6.42 Å². The SMILES string of the molecule is COc1cc(NC(=O)Nc2ccc(Cl)c(Cl)c2)ccc1N1CCCC1=O. The molecule has 0 spiro atoms. The molecule has 3 rings (SSSR count). The molecule has 2 aromatic rings. The highest BCUT2D eigenvalue weighted by Gasteiger charge is 2.24. The first-order valence-electron chi connectivity index (χ1n) is 7.99. The Morgan fingerprint density at radius 1 is 1.08 bits per heavy atom. The van der Waals surface area contributed by atoms with Gasteiger partial charge in [-0.1, -0.05) is 23.2 Å². The Hall–Kier alpha value is -2.44. The standard InChI is InChI=1S/C18H17Cl2N3O3/c1-26-16-10-12(5-7-15(16)23-8-2-3-17(23)24)22-18(25)21-11-4-6-13(19)14(20)9-11/h4-7,9-10H,2-3,8H2,1H3,(H2,21,22,25). The maximum atomic E-state index is 12.2. The molecule has 0 atom stereocenters. The highest BCUT2D eigenvalue weighted by Crippen LogP contribution is 2.34. The largest absolute Gasteiger partial charge is 0.494 e. The van der Waals surface area contributed by atoms with E-state index in [9.17, 15) is 9.59 Å². The maximum absolute atomic E-state index is 12.2. The van der Waals surface area contributed by atoms with E-state index in [4.69, 9.17) is 27.9 Å². The van der Waals surface area contributed by atoms with E-state index in [0.29, 0.717) is 45.8 Å². The molecule has 26 heavy (non-hydrogen) atoms. The number of carbonyl (C=O) groups excluding carboxylic acids is 2. The summed E-state index contributed by atoms with van der Waals surface area (Å²) in [7, 11) is 1.53. The van der Waals surface area contributed by atoms with E-state index in [1.807, 2.05) is 0 Å². The number of hydrogen-bond acceptors (Lipinski definition) is 3. The third-order valence-corrected chi connectivity index (χ3v) is 4.72. The second-order valence-corrected chi connectivity index (χ2v) is 6.56. The van der Waals surface area contributed by atoms with Crippen LogP contribution in [0.3, 0.4) is 0 Å². The van der Waals surface area contributed by atoms with Crippen molar-refractivity contribution in [2.75, 3.05) is 29.2 Å². The Balaban J connectivity index is 1.72. The third kappa shape index (κ3) is 4.03. The molecule has 1 saturated heterocycles. The van der Waals surface area contributed by atoms with E-state index in [2.05, 4.69) is 10.6 Å². The number of methoxy groups -OCH3 is 1. The first kappa shape index (κ1) is 18.4. The second kappa shape index (κ2) is 7.85. The molecule has 0 aromatic heterocycles. The molecule has 0 unspecified atom stereocenters. The van der Waals surface area contributed by atoms with Gasteiger partial charge in [0.2, 0.25) is 5.91 Å². The van der Waals surface area contributed by atoms with Crippen LogP contribution in [0.25, 0.3) is 0 Å². The van der Waals surface area contributed by atoms with Gasteiger partial charge in [-0.2, -0.15) is 0 Å². The molecule has 8 heteroatoms. The number of halogens is 2. The van der Waals surface area contributed by atoms with Crippen molar-refractivity contribution in [3.05, 3.63) is 46.4 Å². The molecule has 2 aromatic carbocycles. The highest BCUT2D eigenvalue weighted by atomic mass is 35.5. The third-order valence-electron chi connectivity index (χ3n) is 3.98. The molecule has 1 fully saturated rings. The molecule has 0 aliphatic carbocycles. The van der Waals surface area contributed by atoms with Crippen LogP contribution in [-0.4, -0.2) is 25.6 Å². The fourth-order valence-electron chi connectivity index (χ4n) is 2.75. The summed E-state index contributed by atoms with van der Waals surface area (Å²) >= 11 is 11.8. The van der Waals surface area contributed by atoms with Gasteiger partial charge in [0.15, 0.2) is 0 Å². The lowest BCUT2D eigenvalue weighted by Crippen LogP contribution is -2.24. The van der Waals surface area contributed by atoms with E-state index in [1.165, 1.54) is 7.11 Å². The van der Waals surface area contributed by atoms with Crippen molar-refractivity contribution in [2.24, 2.45) is 0 Å². The van der Waals surface area contributed by atoms with Gasteiger partial charge in [-0.05, 0) is 36.8 Å². The summed E-state index contributed by atoms with van der Waals surface area (Å²) < 4.78 is 5.38. The number of hydrogen-bond donors (Lipinski definition) is 2. The number of rotatable bonds is 4. The Bertz CT molecular complexity index is 858. The van der Waals surface area contributed by atoms with E-state index >= 15 is 0 Å². The van der Waals surface area contributed by atoms with Crippen LogP contribution in [-0.2, 0) is 4.79 Å². The molecule has 3 amide bonds. The minimum absolute atomic E-state index is 0.0707. The van der Waals surface area contributed by atoms with Crippen LogP contribution in [0, 0.1) is 0 Å². The van der Waals surface area contributed by atoms with Gasteiger partial charge in [-0.3, -0.25) is 4.79 Å². The molecule has 2 N–H and O–H groups in total. The van der Waals surface area contributed by atoms with Gasteiger partial charge >= 0.3 is 6.03 Å². The summed E-state index contributed by atoms with van der Waals surface area (Å²) in [6, 6.07) is 9.53. The van der Waals surface area contributed by atoms with Crippen LogP contribution >= 0.6 is 23.2 Å². The van der Waals surface area contributed by atoms with Gasteiger partial charge in [0.25, 0.3) is 0 Å². The van der Waals surface area contributed by atoms with Gasteiger partial charge in [-0.15, -0.1) is 0 Å². The second-order valence-electron chi connectivity index (χ2n) is 5.74. The van der Waals surface area contributed by atoms with Gasteiger partial charge < -0.3 is 20.3 Å². The lowest BCUT2D eigenvalue weighted by molar-refractivity contribution is -0.117. The summed E-state index contributed by atoms with van der Waals surface area (Å²) in [5.41, 5.74) is 1.75.